The van der Waals surface area contributed by atoms with Gasteiger partial charge in [0.25, 0.3) is 0 Å². The predicted octanol–water partition coefficient (Wildman–Crippen LogP) is 3.15. The molecule has 1 aliphatic rings. The molecular formula is C26H29N5O4. The number of carbonyl (C=O) groups is 1. The highest BCUT2D eigenvalue weighted by molar-refractivity contribution is 5.85. The summed E-state index contributed by atoms with van der Waals surface area (Å²) < 4.78 is 16.0. The van der Waals surface area contributed by atoms with Crippen molar-refractivity contribution in [2.45, 2.75) is 12.8 Å². The standard InChI is InChI=1S/C26H29N5O4/c1-3-34-23-11-7-6-10-22(23)30-12-14-31(15-13-30)25-24(19(18-27)26(32)35-17-16-33-2)28-20-8-4-5-9-21(20)29-25/h4-11,19H,3,12-17H2,1-2H3/t19-/m1/s1. The van der Waals surface area contributed by atoms with Crippen LogP contribution in [0.4, 0.5) is 11.5 Å². The van der Waals surface area contributed by atoms with Crippen molar-refractivity contribution in [2.75, 3.05) is 62.9 Å². The molecule has 4 rings (SSSR count). The maximum atomic E-state index is 12.7. The molecule has 3 aromatic rings. The fraction of sp³-hybridized carbons (Fsp3) is 0.385. The summed E-state index contributed by atoms with van der Waals surface area (Å²) in [6.07, 6.45) is 0. The van der Waals surface area contributed by atoms with E-state index in [1.54, 1.807) is 0 Å². The Kier molecular flexibility index (Phi) is 7.95. The SMILES string of the molecule is CCOc1ccccc1N1CCN(c2nc3ccccc3nc2[C@@H](C#N)C(=O)OCCOC)CC1. The topological polar surface area (TPSA) is 101 Å². The summed E-state index contributed by atoms with van der Waals surface area (Å²) in [6, 6.07) is 17.5. The minimum atomic E-state index is -1.18. The number of nitriles is 1. The van der Waals surface area contributed by atoms with Gasteiger partial charge in [0.15, 0.2) is 11.7 Å². The molecule has 0 spiro atoms. The molecule has 1 fully saturated rings. The minimum absolute atomic E-state index is 0.0712. The third kappa shape index (κ3) is 5.44. The zero-order valence-corrected chi connectivity index (χ0v) is 20.0. The Bertz CT molecular complexity index is 1200. The summed E-state index contributed by atoms with van der Waals surface area (Å²) in [4.78, 5) is 26.6. The molecule has 0 saturated carbocycles. The number of methoxy groups -OCH3 is 1. The van der Waals surface area contributed by atoms with E-state index in [1.807, 2.05) is 49.4 Å². The second kappa shape index (κ2) is 11.5. The van der Waals surface area contributed by atoms with Crippen LogP contribution in [0.25, 0.3) is 11.0 Å². The van der Waals surface area contributed by atoms with E-state index in [2.05, 4.69) is 21.9 Å². The quantitative estimate of drug-likeness (QED) is 0.341. The Morgan fingerprint density at radius 3 is 2.34 bits per heavy atom. The molecule has 35 heavy (non-hydrogen) atoms. The fourth-order valence-corrected chi connectivity index (χ4v) is 4.12. The number of anilines is 2. The van der Waals surface area contributed by atoms with E-state index in [0.29, 0.717) is 42.2 Å². The Morgan fingerprint density at radius 2 is 1.66 bits per heavy atom. The van der Waals surface area contributed by atoms with E-state index in [9.17, 15) is 10.1 Å². The van der Waals surface area contributed by atoms with E-state index >= 15 is 0 Å². The van der Waals surface area contributed by atoms with Crippen molar-refractivity contribution in [1.29, 1.82) is 5.26 Å². The van der Waals surface area contributed by atoms with Gasteiger partial charge in [-0.15, -0.1) is 0 Å². The molecule has 9 nitrogen and oxygen atoms in total. The molecule has 1 saturated heterocycles. The average Bonchev–Trinajstić information content (AvgIpc) is 2.89. The molecular weight excluding hydrogens is 446 g/mol. The van der Waals surface area contributed by atoms with Crippen LogP contribution in [0.1, 0.15) is 18.5 Å². The molecule has 1 aromatic heterocycles. The smallest absolute Gasteiger partial charge is 0.329 e. The van der Waals surface area contributed by atoms with Crippen molar-refractivity contribution in [1.82, 2.24) is 9.97 Å². The monoisotopic (exact) mass is 475 g/mol. The number of hydrogen-bond donors (Lipinski definition) is 0. The van der Waals surface area contributed by atoms with E-state index in [-0.39, 0.29) is 13.2 Å². The molecule has 0 radical (unpaired) electrons. The normalized spacial score (nSPS) is 14.4. The molecule has 9 heteroatoms. The number of aromatic nitrogens is 2. The van der Waals surface area contributed by atoms with Gasteiger partial charge in [-0.05, 0) is 31.2 Å². The summed E-state index contributed by atoms with van der Waals surface area (Å²) in [5, 5.41) is 9.88. The lowest BCUT2D eigenvalue weighted by Gasteiger charge is -2.38. The first kappa shape index (κ1) is 24.2. The summed E-state index contributed by atoms with van der Waals surface area (Å²) in [6.45, 7) is 5.66. The minimum Gasteiger partial charge on any atom is -0.492 e. The second-order valence-electron chi connectivity index (χ2n) is 8.02. The molecule has 0 aliphatic carbocycles. The predicted molar refractivity (Wildman–Crippen MR) is 133 cm³/mol. The molecule has 1 aliphatic heterocycles. The molecule has 2 aromatic carbocycles. The number of piperazine rings is 1. The van der Waals surface area contributed by atoms with Crippen molar-refractivity contribution < 1.29 is 19.0 Å². The maximum absolute atomic E-state index is 12.7. The third-order valence-corrected chi connectivity index (χ3v) is 5.83. The summed E-state index contributed by atoms with van der Waals surface area (Å²) in [5.74, 6) is -0.440. The van der Waals surface area contributed by atoms with Gasteiger partial charge in [0.05, 0.1) is 36.0 Å². The van der Waals surface area contributed by atoms with Crippen LogP contribution in [0, 0.1) is 11.3 Å². The number of para-hydroxylation sites is 4. The van der Waals surface area contributed by atoms with E-state index in [1.165, 1.54) is 7.11 Å². The summed E-state index contributed by atoms with van der Waals surface area (Å²) in [5.41, 5.74) is 2.70. The van der Waals surface area contributed by atoms with Gasteiger partial charge in [-0.25, -0.2) is 9.97 Å². The van der Waals surface area contributed by atoms with Crippen LogP contribution in [-0.2, 0) is 14.3 Å². The van der Waals surface area contributed by atoms with Crippen LogP contribution in [0.15, 0.2) is 48.5 Å². The number of carbonyl (C=O) groups excluding carboxylic acids is 1. The number of nitrogens with zero attached hydrogens (tertiary/aromatic N) is 5. The zero-order chi connectivity index (χ0) is 24.6. The van der Waals surface area contributed by atoms with Gasteiger partial charge in [0.1, 0.15) is 18.1 Å². The first-order valence-electron chi connectivity index (χ1n) is 11.7. The van der Waals surface area contributed by atoms with E-state index < -0.39 is 11.9 Å². The Labute approximate surface area is 204 Å². The molecule has 0 amide bonds. The number of fused-ring (bicyclic) bond motifs is 1. The Hall–Kier alpha value is -3.90. The maximum Gasteiger partial charge on any atom is 0.329 e. The van der Waals surface area contributed by atoms with E-state index in [4.69, 9.17) is 24.2 Å². The van der Waals surface area contributed by atoms with Gasteiger partial charge in [-0.3, -0.25) is 4.79 Å². The highest BCUT2D eigenvalue weighted by Gasteiger charge is 2.31. The Balaban J connectivity index is 1.61. The van der Waals surface area contributed by atoms with Crippen molar-refractivity contribution >= 4 is 28.5 Å². The number of rotatable bonds is 9. The van der Waals surface area contributed by atoms with Crippen LogP contribution < -0.4 is 14.5 Å². The first-order chi connectivity index (χ1) is 17.2. The average molecular weight is 476 g/mol. The lowest BCUT2D eigenvalue weighted by molar-refractivity contribution is -0.145. The van der Waals surface area contributed by atoms with Gasteiger partial charge in [0.2, 0.25) is 0 Å². The molecule has 2 heterocycles. The van der Waals surface area contributed by atoms with Crippen LogP contribution in [0.5, 0.6) is 5.75 Å². The summed E-state index contributed by atoms with van der Waals surface area (Å²) in [7, 11) is 1.52. The molecule has 0 bridgehead atoms. The number of ether oxygens (including phenoxy) is 3. The number of benzene rings is 2. The van der Waals surface area contributed by atoms with Gasteiger partial charge >= 0.3 is 5.97 Å². The molecule has 0 unspecified atom stereocenters. The van der Waals surface area contributed by atoms with Gasteiger partial charge < -0.3 is 24.0 Å². The lowest BCUT2D eigenvalue weighted by atomic mass is 10.1. The lowest BCUT2D eigenvalue weighted by Crippen LogP contribution is -2.47. The number of esters is 1. The van der Waals surface area contributed by atoms with Gasteiger partial charge in [-0.1, -0.05) is 24.3 Å². The Morgan fingerprint density at radius 1 is 1.00 bits per heavy atom. The highest BCUT2D eigenvalue weighted by atomic mass is 16.6. The fourth-order valence-electron chi connectivity index (χ4n) is 4.12. The summed E-state index contributed by atoms with van der Waals surface area (Å²) >= 11 is 0. The van der Waals surface area contributed by atoms with Crippen LogP contribution in [0.2, 0.25) is 0 Å². The zero-order valence-electron chi connectivity index (χ0n) is 20.0. The van der Waals surface area contributed by atoms with Crippen LogP contribution in [-0.4, -0.2) is 69.0 Å². The van der Waals surface area contributed by atoms with Crippen LogP contribution in [0.3, 0.4) is 0 Å². The first-order valence-corrected chi connectivity index (χ1v) is 11.7. The molecule has 182 valence electrons. The van der Waals surface area contributed by atoms with Gasteiger partial charge in [0, 0.05) is 33.3 Å². The van der Waals surface area contributed by atoms with E-state index in [0.717, 1.165) is 24.5 Å². The van der Waals surface area contributed by atoms with Crippen LogP contribution >= 0.6 is 0 Å². The largest absolute Gasteiger partial charge is 0.492 e. The van der Waals surface area contributed by atoms with Crippen molar-refractivity contribution in [3.8, 4) is 11.8 Å². The molecule has 0 N–H and O–H groups in total. The van der Waals surface area contributed by atoms with Gasteiger partial charge in [-0.2, -0.15) is 5.26 Å². The van der Waals surface area contributed by atoms with Crippen molar-refractivity contribution in [3.05, 3.63) is 54.2 Å². The third-order valence-electron chi connectivity index (χ3n) is 5.83. The second-order valence-corrected chi connectivity index (χ2v) is 8.02. The van der Waals surface area contributed by atoms with Crippen molar-refractivity contribution in [2.24, 2.45) is 0 Å². The van der Waals surface area contributed by atoms with Crippen molar-refractivity contribution in [3.63, 3.8) is 0 Å². The number of hydrogen-bond acceptors (Lipinski definition) is 9. The highest BCUT2D eigenvalue weighted by Crippen LogP contribution is 2.32. The molecule has 1 atom stereocenters.